The van der Waals surface area contributed by atoms with Crippen molar-refractivity contribution in [3.05, 3.63) is 12.2 Å². The maximum absolute atomic E-state index is 12.1. The molecule has 4 nitrogen and oxygen atoms in total. The van der Waals surface area contributed by atoms with E-state index >= 15 is 0 Å². The van der Waals surface area contributed by atoms with E-state index in [0.717, 1.165) is 37.9 Å². The van der Waals surface area contributed by atoms with E-state index in [1.165, 1.54) is 0 Å². The topological polar surface area (TPSA) is 41.6 Å². The fourth-order valence-corrected chi connectivity index (χ4v) is 2.09. The summed E-state index contributed by atoms with van der Waals surface area (Å²) >= 11 is 0. The van der Waals surface area contributed by atoms with Crippen LogP contribution in [0, 0.1) is 0 Å². The Morgan fingerprint density at radius 3 is 3.06 bits per heavy atom. The SMILES string of the molecule is C=C(C)COCCN1CCCC(NCCC)C1=O. The summed E-state index contributed by atoms with van der Waals surface area (Å²) in [4.78, 5) is 14.1. The molecule has 0 spiro atoms. The standard InChI is InChI=1S/C14H26N2O2/c1-4-7-15-13-6-5-8-16(14(13)17)9-10-18-11-12(2)3/h13,15H,2,4-11H2,1,3H3. The molecule has 4 heteroatoms. The fraction of sp³-hybridized carbons (Fsp3) is 0.786. The van der Waals surface area contributed by atoms with Crippen molar-refractivity contribution >= 4 is 5.91 Å². The highest BCUT2D eigenvalue weighted by Crippen LogP contribution is 2.11. The molecule has 1 amide bonds. The maximum Gasteiger partial charge on any atom is 0.239 e. The lowest BCUT2D eigenvalue weighted by molar-refractivity contribution is -0.136. The van der Waals surface area contributed by atoms with E-state index in [-0.39, 0.29) is 11.9 Å². The Labute approximate surface area is 110 Å². The molecule has 0 aromatic rings. The Morgan fingerprint density at radius 1 is 1.61 bits per heavy atom. The third kappa shape index (κ3) is 5.19. The number of carbonyl (C=O) groups excluding carboxylic acids is 1. The molecular weight excluding hydrogens is 228 g/mol. The van der Waals surface area contributed by atoms with Crippen LogP contribution in [0.3, 0.4) is 0 Å². The van der Waals surface area contributed by atoms with Crippen LogP contribution < -0.4 is 5.32 Å². The summed E-state index contributed by atoms with van der Waals surface area (Å²) in [6, 6.07) is 0.0137. The van der Waals surface area contributed by atoms with E-state index in [2.05, 4.69) is 18.8 Å². The predicted molar refractivity (Wildman–Crippen MR) is 73.5 cm³/mol. The lowest BCUT2D eigenvalue weighted by Gasteiger charge is -2.32. The van der Waals surface area contributed by atoms with Gasteiger partial charge in [0.25, 0.3) is 0 Å². The summed E-state index contributed by atoms with van der Waals surface area (Å²) < 4.78 is 5.45. The van der Waals surface area contributed by atoms with Crippen LogP contribution in [0.1, 0.15) is 33.1 Å². The van der Waals surface area contributed by atoms with Gasteiger partial charge in [-0.25, -0.2) is 0 Å². The van der Waals surface area contributed by atoms with Crippen molar-refractivity contribution in [2.24, 2.45) is 0 Å². The van der Waals surface area contributed by atoms with Gasteiger partial charge in [-0.15, -0.1) is 0 Å². The zero-order chi connectivity index (χ0) is 13.4. The van der Waals surface area contributed by atoms with Crippen molar-refractivity contribution in [2.45, 2.75) is 39.2 Å². The number of hydrogen-bond acceptors (Lipinski definition) is 3. The molecule has 1 aliphatic heterocycles. The predicted octanol–water partition coefficient (Wildman–Crippen LogP) is 1.57. The van der Waals surface area contributed by atoms with Gasteiger partial charge in [-0.1, -0.05) is 19.1 Å². The molecule has 1 atom stereocenters. The number of carbonyl (C=O) groups is 1. The zero-order valence-corrected chi connectivity index (χ0v) is 11.7. The lowest BCUT2D eigenvalue weighted by atomic mass is 10.0. The second kappa shape index (κ2) is 8.27. The first-order valence-corrected chi connectivity index (χ1v) is 6.89. The fourth-order valence-electron chi connectivity index (χ4n) is 2.09. The first-order valence-electron chi connectivity index (χ1n) is 6.89. The maximum atomic E-state index is 12.1. The molecule has 0 aliphatic carbocycles. The van der Waals surface area contributed by atoms with Crippen LogP contribution in [0.4, 0.5) is 0 Å². The highest BCUT2D eigenvalue weighted by molar-refractivity contribution is 5.82. The summed E-state index contributed by atoms with van der Waals surface area (Å²) in [6.45, 7) is 11.5. The molecule has 18 heavy (non-hydrogen) atoms. The summed E-state index contributed by atoms with van der Waals surface area (Å²) in [6.07, 6.45) is 3.10. The summed E-state index contributed by atoms with van der Waals surface area (Å²) in [5.74, 6) is 0.230. The number of hydrogen-bond donors (Lipinski definition) is 1. The number of likely N-dealkylation sites (tertiary alicyclic amines) is 1. The van der Waals surface area contributed by atoms with Crippen LogP contribution in [-0.2, 0) is 9.53 Å². The summed E-state index contributed by atoms with van der Waals surface area (Å²) in [7, 11) is 0. The van der Waals surface area contributed by atoms with Gasteiger partial charge in [-0.2, -0.15) is 0 Å². The number of rotatable bonds is 8. The molecule has 1 rings (SSSR count). The van der Waals surface area contributed by atoms with Crippen molar-refractivity contribution < 1.29 is 9.53 Å². The Hall–Kier alpha value is -0.870. The van der Waals surface area contributed by atoms with Crippen molar-refractivity contribution in [2.75, 3.05) is 32.8 Å². The van der Waals surface area contributed by atoms with E-state index in [9.17, 15) is 4.79 Å². The van der Waals surface area contributed by atoms with Crippen molar-refractivity contribution in [3.63, 3.8) is 0 Å². The van der Waals surface area contributed by atoms with Crippen LogP contribution in [0.2, 0.25) is 0 Å². The Kier molecular flexibility index (Phi) is 6.98. The van der Waals surface area contributed by atoms with Gasteiger partial charge in [-0.05, 0) is 32.7 Å². The molecule has 104 valence electrons. The van der Waals surface area contributed by atoms with E-state index in [4.69, 9.17) is 4.74 Å². The first-order chi connectivity index (χ1) is 8.65. The number of nitrogens with one attached hydrogen (secondary N) is 1. The molecule has 1 unspecified atom stereocenters. The lowest BCUT2D eigenvalue weighted by Crippen LogP contribution is -2.51. The van der Waals surface area contributed by atoms with Gasteiger partial charge in [0.15, 0.2) is 0 Å². The van der Waals surface area contributed by atoms with Crippen LogP contribution in [0.15, 0.2) is 12.2 Å². The van der Waals surface area contributed by atoms with Gasteiger partial charge >= 0.3 is 0 Å². The zero-order valence-electron chi connectivity index (χ0n) is 11.7. The Balaban J connectivity index is 2.27. The second-order valence-corrected chi connectivity index (χ2v) is 4.98. The minimum Gasteiger partial charge on any atom is -0.375 e. The molecular formula is C14H26N2O2. The van der Waals surface area contributed by atoms with Gasteiger partial charge < -0.3 is 15.0 Å². The largest absolute Gasteiger partial charge is 0.375 e. The first kappa shape index (κ1) is 15.2. The Bertz CT molecular complexity index is 279. The van der Waals surface area contributed by atoms with Crippen LogP contribution in [0.5, 0.6) is 0 Å². The van der Waals surface area contributed by atoms with Crippen LogP contribution in [-0.4, -0.2) is 49.7 Å². The number of piperidine rings is 1. The van der Waals surface area contributed by atoms with Crippen molar-refractivity contribution in [3.8, 4) is 0 Å². The quantitative estimate of drug-likeness (QED) is 0.528. The van der Waals surface area contributed by atoms with Crippen molar-refractivity contribution in [1.82, 2.24) is 10.2 Å². The minimum absolute atomic E-state index is 0.0137. The number of amides is 1. The molecule has 1 aliphatic rings. The van der Waals surface area contributed by atoms with Gasteiger partial charge in [0, 0.05) is 13.1 Å². The van der Waals surface area contributed by atoms with E-state index in [0.29, 0.717) is 19.8 Å². The smallest absolute Gasteiger partial charge is 0.239 e. The van der Waals surface area contributed by atoms with Crippen LogP contribution >= 0.6 is 0 Å². The molecule has 1 N–H and O–H groups in total. The third-order valence-electron chi connectivity index (χ3n) is 3.03. The van der Waals surface area contributed by atoms with Gasteiger partial charge in [-0.3, -0.25) is 4.79 Å². The Morgan fingerprint density at radius 2 is 2.39 bits per heavy atom. The average Bonchev–Trinajstić information content (AvgIpc) is 2.34. The monoisotopic (exact) mass is 254 g/mol. The second-order valence-electron chi connectivity index (χ2n) is 4.98. The van der Waals surface area contributed by atoms with E-state index < -0.39 is 0 Å². The summed E-state index contributed by atoms with van der Waals surface area (Å²) in [5.41, 5.74) is 1.02. The summed E-state index contributed by atoms with van der Waals surface area (Å²) in [5, 5.41) is 3.31. The van der Waals surface area contributed by atoms with Gasteiger partial charge in [0.1, 0.15) is 0 Å². The molecule has 0 aromatic carbocycles. The van der Waals surface area contributed by atoms with Gasteiger partial charge in [0.05, 0.1) is 19.3 Å². The number of ether oxygens (including phenoxy) is 1. The van der Waals surface area contributed by atoms with Gasteiger partial charge in [0.2, 0.25) is 5.91 Å². The molecule has 0 saturated carbocycles. The normalized spacial score (nSPS) is 20.2. The van der Waals surface area contributed by atoms with Crippen molar-refractivity contribution in [1.29, 1.82) is 0 Å². The van der Waals surface area contributed by atoms with E-state index in [1.54, 1.807) is 0 Å². The molecule has 1 heterocycles. The molecule has 0 bridgehead atoms. The highest BCUT2D eigenvalue weighted by atomic mass is 16.5. The minimum atomic E-state index is 0.0137. The highest BCUT2D eigenvalue weighted by Gasteiger charge is 2.27. The third-order valence-corrected chi connectivity index (χ3v) is 3.03. The molecule has 1 saturated heterocycles. The molecule has 0 radical (unpaired) electrons. The number of nitrogens with zero attached hydrogens (tertiary/aromatic N) is 1. The molecule has 1 fully saturated rings. The molecule has 0 aromatic heterocycles. The van der Waals surface area contributed by atoms with Crippen LogP contribution in [0.25, 0.3) is 0 Å². The average molecular weight is 254 g/mol. The van der Waals surface area contributed by atoms with E-state index in [1.807, 2.05) is 11.8 Å².